The van der Waals surface area contributed by atoms with Crippen LogP contribution >= 0.6 is 15.9 Å². The first kappa shape index (κ1) is 10.2. The average molecular weight is 245 g/mol. The summed E-state index contributed by atoms with van der Waals surface area (Å²) < 4.78 is 13.6. The molecule has 0 radical (unpaired) electrons. The van der Waals surface area contributed by atoms with E-state index >= 15 is 0 Å². The molecule has 0 spiro atoms. The van der Waals surface area contributed by atoms with Crippen molar-refractivity contribution in [2.75, 3.05) is 0 Å². The molecule has 0 amide bonds. The fraction of sp³-hybridized carbons (Fsp3) is 0.222. The molecule has 1 aromatic rings. The number of halogens is 2. The Bertz CT molecular complexity index is 316. The summed E-state index contributed by atoms with van der Waals surface area (Å²) in [6.45, 7) is 1.92. The van der Waals surface area contributed by atoms with Gasteiger partial charge in [-0.2, -0.15) is 5.10 Å². The summed E-state index contributed by atoms with van der Waals surface area (Å²) in [4.78, 5) is 0. The van der Waals surface area contributed by atoms with E-state index in [1.165, 1.54) is 12.1 Å². The normalized spacial score (nSPS) is 11.8. The third kappa shape index (κ3) is 2.52. The molecule has 0 fully saturated rings. The number of benzene rings is 1. The van der Waals surface area contributed by atoms with Gasteiger partial charge in [-0.15, -0.1) is 0 Å². The van der Waals surface area contributed by atoms with E-state index < -0.39 is 0 Å². The minimum absolute atomic E-state index is 0.293. The Morgan fingerprint density at radius 3 is 2.69 bits per heavy atom. The first-order chi connectivity index (χ1) is 6.17. The fourth-order valence-electron chi connectivity index (χ4n) is 1.09. The van der Waals surface area contributed by atoms with Crippen LogP contribution < -0.4 is 5.84 Å². The molecule has 0 aliphatic rings. The molecular formula is C9H10BrFN2. The van der Waals surface area contributed by atoms with Gasteiger partial charge in [-0.05, 0) is 24.6 Å². The van der Waals surface area contributed by atoms with Gasteiger partial charge in [0.05, 0.1) is 5.71 Å². The molecule has 0 aliphatic carbocycles. The maximum atomic E-state index is 12.9. The third-order valence-electron chi connectivity index (χ3n) is 1.69. The van der Waals surface area contributed by atoms with Crippen molar-refractivity contribution in [2.45, 2.75) is 13.3 Å². The van der Waals surface area contributed by atoms with Crippen LogP contribution in [0.15, 0.2) is 27.8 Å². The summed E-state index contributed by atoms with van der Waals surface area (Å²) >= 11 is 3.20. The van der Waals surface area contributed by atoms with Gasteiger partial charge in [-0.25, -0.2) is 4.39 Å². The second-order valence-electron chi connectivity index (χ2n) is 2.59. The van der Waals surface area contributed by atoms with Crippen molar-refractivity contribution in [3.63, 3.8) is 0 Å². The van der Waals surface area contributed by atoms with Crippen molar-refractivity contribution in [1.82, 2.24) is 0 Å². The van der Waals surface area contributed by atoms with Crippen LogP contribution in [0.25, 0.3) is 0 Å². The molecule has 0 saturated carbocycles. The second kappa shape index (κ2) is 4.37. The first-order valence-corrected chi connectivity index (χ1v) is 4.70. The minimum Gasteiger partial charge on any atom is -0.323 e. The number of nitrogens with zero attached hydrogens (tertiary/aromatic N) is 1. The summed E-state index contributed by atoms with van der Waals surface area (Å²) in [6, 6.07) is 4.60. The lowest BCUT2D eigenvalue weighted by Crippen LogP contribution is -2.03. The highest BCUT2D eigenvalue weighted by atomic mass is 79.9. The van der Waals surface area contributed by atoms with E-state index in [4.69, 9.17) is 5.84 Å². The van der Waals surface area contributed by atoms with E-state index in [0.717, 1.165) is 5.56 Å². The van der Waals surface area contributed by atoms with Gasteiger partial charge in [0.25, 0.3) is 0 Å². The van der Waals surface area contributed by atoms with Gasteiger partial charge in [-0.3, -0.25) is 0 Å². The molecule has 2 N–H and O–H groups in total. The smallest absolute Gasteiger partial charge is 0.124 e. The summed E-state index contributed by atoms with van der Waals surface area (Å²) in [5, 5.41) is 3.59. The van der Waals surface area contributed by atoms with Gasteiger partial charge < -0.3 is 5.84 Å². The molecular weight excluding hydrogens is 235 g/mol. The highest BCUT2D eigenvalue weighted by Crippen LogP contribution is 2.16. The lowest BCUT2D eigenvalue weighted by molar-refractivity contribution is 0.626. The molecule has 0 heterocycles. The number of hydrogen-bond acceptors (Lipinski definition) is 2. The molecule has 0 unspecified atom stereocenters. The van der Waals surface area contributed by atoms with Gasteiger partial charge in [0.2, 0.25) is 0 Å². The van der Waals surface area contributed by atoms with E-state index in [-0.39, 0.29) is 5.82 Å². The lowest BCUT2D eigenvalue weighted by Gasteiger charge is -2.02. The second-order valence-corrected chi connectivity index (χ2v) is 3.50. The standard InChI is InChI=1S/C9H10BrFN2/c1-2-9(13-12)6-3-7(10)5-8(11)4-6/h3-5H,2,12H2,1H3/b13-9-. The predicted octanol–water partition coefficient (Wildman–Crippen LogP) is 2.66. The Kier molecular flexibility index (Phi) is 3.42. The Labute approximate surface area is 84.8 Å². The minimum atomic E-state index is -0.293. The van der Waals surface area contributed by atoms with Crippen molar-refractivity contribution < 1.29 is 4.39 Å². The number of hydrazone groups is 1. The highest BCUT2D eigenvalue weighted by Gasteiger charge is 2.03. The zero-order chi connectivity index (χ0) is 9.84. The molecule has 4 heteroatoms. The van der Waals surface area contributed by atoms with Crippen LogP contribution in [0.4, 0.5) is 4.39 Å². The lowest BCUT2D eigenvalue weighted by atomic mass is 10.1. The molecule has 0 aliphatic heterocycles. The molecule has 13 heavy (non-hydrogen) atoms. The van der Waals surface area contributed by atoms with Crippen molar-refractivity contribution in [2.24, 2.45) is 10.9 Å². The zero-order valence-electron chi connectivity index (χ0n) is 7.22. The predicted molar refractivity (Wildman–Crippen MR) is 55.1 cm³/mol. The molecule has 1 aromatic carbocycles. The van der Waals surface area contributed by atoms with Gasteiger partial charge in [0.15, 0.2) is 0 Å². The average Bonchev–Trinajstić information content (AvgIpc) is 2.04. The molecule has 0 bridgehead atoms. The zero-order valence-corrected chi connectivity index (χ0v) is 8.81. The first-order valence-electron chi connectivity index (χ1n) is 3.90. The number of rotatable bonds is 2. The van der Waals surface area contributed by atoms with Crippen LogP contribution in [0.5, 0.6) is 0 Å². The summed E-state index contributed by atoms with van der Waals surface area (Å²) in [5.41, 5.74) is 1.41. The maximum absolute atomic E-state index is 12.9. The summed E-state index contributed by atoms with van der Waals surface area (Å²) in [6.07, 6.45) is 0.687. The van der Waals surface area contributed by atoms with Crippen molar-refractivity contribution in [1.29, 1.82) is 0 Å². The van der Waals surface area contributed by atoms with Gasteiger partial charge >= 0.3 is 0 Å². The van der Waals surface area contributed by atoms with Crippen LogP contribution in [0, 0.1) is 5.82 Å². The van der Waals surface area contributed by atoms with E-state index in [1.54, 1.807) is 6.07 Å². The van der Waals surface area contributed by atoms with Crippen molar-refractivity contribution in [3.8, 4) is 0 Å². The van der Waals surface area contributed by atoms with Crippen molar-refractivity contribution >= 4 is 21.6 Å². The molecule has 2 nitrogen and oxygen atoms in total. The van der Waals surface area contributed by atoms with Crippen LogP contribution in [-0.4, -0.2) is 5.71 Å². The van der Waals surface area contributed by atoms with E-state index in [9.17, 15) is 4.39 Å². The van der Waals surface area contributed by atoms with E-state index in [2.05, 4.69) is 21.0 Å². The molecule has 1 rings (SSSR count). The molecule has 0 saturated heterocycles. The van der Waals surface area contributed by atoms with Crippen LogP contribution in [0.3, 0.4) is 0 Å². The fourth-order valence-corrected chi connectivity index (χ4v) is 1.56. The van der Waals surface area contributed by atoms with Crippen molar-refractivity contribution in [3.05, 3.63) is 34.1 Å². The monoisotopic (exact) mass is 244 g/mol. The molecule has 70 valence electrons. The number of hydrogen-bond donors (Lipinski definition) is 1. The van der Waals surface area contributed by atoms with Gasteiger partial charge in [-0.1, -0.05) is 22.9 Å². The molecule has 0 aromatic heterocycles. The molecule has 0 atom stereocenters. The van der Waals surface area contributed by atoms with E-state index in [0.29, 0.717) is 16.6 Å². The Morgan fingerprint density at radius 1 is 1.54 bits per heavy atom. The van der Waals surface area contributed by atoms with Gasteiger partial charge in [0, 0.05) is 10.0 Å². The van der Waals surface area contributed by atoms with Crippen LogP contribution in [0.1, 0.15) is 18.9 Å². The largest absolute Gasteiger partial charge is 0.323 e. The summed E-state index contributed by atoms with van der Waals surface area (Å²) in [7, 11) is 0. The summed E-state index contributed by atoms with van der Waals surface area (Å²) in [5.74, 6) is 4.87. The Morgan fingerprint density at radius 2 is 2.23 bits per heavy atom. The quantitative estimate of drug-likeness (QED) is 0.485. The van der Waals surface area contributed by atoms with Crippen LogP contribution in [-0.2, 0) is 0 Å². The number of nitrogens with two attached hydrogens (primary N) is 1. The van der Waals surface area contributed by atoms with Gasteiger partial charge in [0.1, 0.15) is 5.82 Å². The Balaban J connectivity index is 3.14. The topological polar surface area (TPSA) is 38.4 Å². The Hall–Kier alpha value is -0.900. The third-order valence-corrected chi connectivity index (χ3v) is 2.14. The van der Waals surface area contributed by atoms with E-state index in [1.807, 2.05) is 6.92 Å². The van der Waals surface area contributed by atoms with Crippen LogP contribution in [0.2, 0.25) is 0 Å². The highest BCUT2D eigenvalue weighted by molar-refractivity contribution is 9.10. The maximum Gasteiger partial charge on any atom is 0.124 e. The SMILES string of the molecule is CC/C(=N/N)c1cc(F)cc(Br)c1.